The van der Waals surface area contributed by atoms with E-state index >= 15 is 0 Å². The molecule has 1 saturated carbocycles. The summed E-state index contributed by atoms with van der Waals surface area (Å²) in [4.78, 5) is 14.5. The Morgan fingerprint density at radius 1 is 0.484 bits per heavy atom. The molecule has 64 heavy (non-hydrogen) atoms. The van der Waals surface area contributed by atoms with Gasteiger partial charge < -0.3 is 45.7 Å². The van der Waals surface area contributed by atoms with Crippen LogP contribution < -0.4 is 5.11 Å². The highest BCUT2D eigenvalue weighted by Crippen LogP contribution is 2.47. The number of aliphatic imine (C=N–C) groups is 1. The van der Waals surface area contributed by atoms with Crippen molar-refractivity contribution < 1.29 is 59.4 Å². The van der Waals surface area contributed by atoms with Gasteiger partial charge in [0.05, 0.1) is 24.9 Å². The first-order valence-corrected chi connectivity index (χ1v) is 28.0. The van der Waals surface area contributed by atoms with Gasteiger partial charge in [-0.15, -0.1) is 0 Å². The molecular formula is C50H99NO12P-. The Bertz CT molecular complexity index is 1120. The first kappa shape index (κ1) is 61.3. The highest BCUT2D eigenvalue weighted by molar-refractivity contribution is 7.47. The van der Waals surface area contributed by atoms with E-state index in [0.29, 0.717) is 12.8 Å². The molecule has 1 fully saturated rings. The van der Waals surface area contributed by atoms with Crippen molar-refractivity contribution in [1.29, 1.82) is 0 Å². The molecule has 10 atom stereocenters. The highest BCUT2D eigenvalue weighted by Gasteiger charge is 2.51. The summed E-state index contributed by atoms with van der Waals surface area (Å²) in [5.74, 6) is -0.867. The van der Waals surface area contributed by atoms with Crippen molar-refractivity contribution in [3.8, 4) is 0 Å². The smallest absolute Gasteiger partial charge is 0.472 e. The number of hydrogen-bond donors (Lipinski definition) is 8. The van der Waals surface area contributed by atoms with Crippen LogP contribution in [0.1, 0.15) is 251 Å². The van der Waals surface area contributed by atoms with E-state index < -0.39 is 75.2 Å². The second-order valence-electron chi connectivity index (χ2n) is 19.1. The molecule has 0 aromatic rings. The van der Waals surface area contributed by atoms with Crippen LogP contribution in [0, 0.1) is 0 Å². The summed E-state index contributed by atoms with van der Waals surface area (Å²) in [5, 5.41) is 85.1. The fourth-order valence-electron chi connectivity index (χ4n) is 8.79. The molecule has 8 N–H and O–H groups in total. The molecule has 0 saturated heterocycles. The number of phosphoric acid groups is 1. The summed E-state index contributed by atoms with van der Waals surface area (Å²) in [6.07, 6.45) is 28.6. The normalized spacial score (nSPS) is 23.0. The van der Waals surface area contributed by atoms with Gasteiger partial charge in [0, 0.05) is 0 Å². The van der Waals surface area contributed by atoms with Crippen LogP contribution in [0.4, 0.5) is 0 Å². The number of nitrogens with zero attached hydrogens (tertiary/aromatic N) is 1. The molecule has 3 unspecified atom stereocenters. The zero-order valence-corrected chi connectivity index (χ0v) is 41.6. The minimum atomic E-state index is -5.15. The molecule has 1 aliphatic rings. The van der Waals surface area contributed by atoms with Crippen molar-refractivity contribution in [2.75, 3.05) is 6.61 Å². The molecule has 0 radical (unpaired) electrons. The van der Waals surface area contributed by atoms with Gasteiger partial charge in [0.2, 0.25) is 0 Å². The zero-order valence-electron chi connectivity index (χ0n) is 40.7. The van der Waals surface area contributed by atoms with E-state index in [1.807, 2.05) is 0 Å². The molecule has 0 aromatic carbocycles. The summed E-state index contributed by atoms with van der Waals surface area (Å²) < 4.78 is 22.9. The van der Waals surface area contributed by atoms with Gasteiger partial charge in [-0.1, -0.05) is 239 Å². The van der Waals surface area contributed by atoms with E-state index in [-0.39, 0.29) is 12.8 Å². The third kappa shape index (κ3) is 30.6. The topological polar surface area (TPSA) is 233 Å². The van der Waals surface area contributed by atoms with Crippen molar-refractivity contribution in [3.63, 3.8) is 0 Å². The summed E-state index contributed by atoms with van der Waals surface area (Å²) in [6, 6.07) is -1.33. The van der Waals surface area contributed by atoms with Crippen LogP contribution >= 0.6 is 7.82 Å². The van der Waals surface area contributed by atoms with Crippen molar-refractivity contribution in [1.82, 2.24) is 0 Å². The summed E-state index contributed by atoms with van der Waals surface area (Å²) in [5.41, 5.74) is 0. The fourth-order valence-corrected chi connectivity index (χ4v) is 9.75. The molecule has 1 aliphatic carbocycles. The van der Waals surface area contributed by atoms with Crippen LogP contribution in [0.25, 0.3) is 0 Å². The highest BCUT2D eigenvalue weighted by atomic mass is 31.2. The molecule has 0 spiro atoms. The molecule has 0 aliphatic heterocycles. The first-order valence-electron chi connectivity index (χ1n) is 26.5. The van der Waals surface area contributed by atoms with Crippen LogP contribution in [0.5, 0.6) is 0 Å². The molecule has 382 valence electrons. The van der Waals surface area contributed by atoms with Crippen LogP contribution in [0.15, 0.2) is 4.99 Å². The van der Waals surface area contributed by atoms with Gasteiger partial charge in [-0.25, -0.2) is 4.57 Å². The van der Waals surface area contributed by atoms with Crippen molar-refractivity contribution in [3.05, 3.63) is 0 Å². The number of phosphoric ester groups is 1. The van der Waals surface area contributed by atoms with Gasteiger partial charge in [-0.2, -0.15) is 0 Å². The number of rotatable bonds is 45. The lowest BCUT2D eigenvalue weighted by molar-refractivity contribution is -0.229. The maximum Gasteiger partial charge on any atom is 0.472 e. The monoisotopic (exact) mass is 937 g/mol. The molecule has 0 heterocycles. The Labute approximate surface area is 389 Å². The van der Waals surface area contributed by atoms with Crippen LogP contribution in [0.3, 0.4) is 0 Å². The minimum absolute atomic E-state index is 0.194. The second-order valence-corrected chi connectivity index (χ2v) is 20.6. The minimum Gasteiger partial charge on any atom is -0.860 e. The van der Waals surface area contributed by atoms with E-state index in [4.69, 9.17) is 9.05 Å². The Morgan fingerprint density at radius 2 is 0.766 bits per heavy atom. The summed E-state index contributed by atoms with van der Waals surface area (Å²) >= 11 is 0. The predicted molar refractivity (Wildman–Crippen MR) is 256 cm³/mol. The average Bonchev–Trinajstić information content (AvgIpc) is 3.28. The molecule has 0 amide bonds. The van der Waals surface area contributed by atoms with Gasteiger partial charge in [0.25, 0.3) is 0 Å². The van der Waals surface area contributed by atoms with E-state index in [1.54, 1.807) is 0 Å². The van der Waals surface area contributed by atoms with E-state index in [2.05, 4.69) is 18.8 Å². The van der Waals surface area contributed by atoms with Crippen LogP contribution in [-0.2, 0) is 13.6 Å². The Kier molecular flexibility index (Phi) is 38.5. The van der Waals surface area contributed by atoms with Gasteiger partial charge in [0.15, 0.2) is 0 Å². The number of unbranched alkanes of at least 4 members (excludes halogenated alkanes) is 33. The lowest BCUT2D eigenvalue weighted by Gasteiger charge is -2.41. The maximum absolute atomic E-state index is 13.0. The molecular weight excluding hydrogens is 838 g/mol. The average molecular weight is 937 g/mol. The quantitative estimate of drug-likeness (QED) is 0.0123. The largest absolute Gasteiger partial charge is 0.860 e. The summed E-state index contributed by atoms with van der Waals surface area (Å²) in [7, 11) is -5.15. The van der Waals surface area contributed by atoms with Gasteiger partial charge in [0.1, 0.15) is 36.6 Å². The molecule has 1 rings (SSSR count). The second kappa shape index (κ2) is 40.2. The third-order valence-electron chi connectivity index (χ3n) is 13.2. The third-order valence-corrected chi connectivity index (χ3v) is 14.2. The van der Waals surface area contributed by atoms with Gasteiger partial charge in [-0.05, 0) is 18.7 Å². The van der Waals surface area contributed by atoms with Gasteiger partial charge >= 0.3 is 7.82 Å². The SMILES string of the molecule is CCCCCCCCCCCCCCCCCCCCCCCC[C@H](O)C([O-])=N[C@@H](COP(=O)(O)OC1[C@H](O)[C@H](O)C(O)[C@H](O)[C@H]1O)[C@H](O)CCCCCCCCCCCCCCC. The van der Waals surface area contributed by atoms with E-state index in [9.17, 15) is 50.3 Å². The predicted octanol–water partition coefficient (Wildman–Crippen LogP) is 9.63. The van der Waals surface area contributed by atoms with E-state index in [0.717, 1.165) is 44.9 Å². The Balaban J connectivity index is 2.43. The molecule has 0 aromatic heterocycles. The Hall–Kier alpha value is -0.700. The van der Waals surface area contributed by atoms with Crippen LogP contribution in [-0.4, -0.2) is 108 Å². The molecule has 0 bridgehead atoms. The lowest BCUT2D eigenvalue weighted by atomic mass is 9.85. The summed E-state index contributed by atoms with van der Waals surface area (Å²) in [6.45, 7) is 3.73. The number of hydrogen-bond acceptors (Lipinski definition) is 12. The zero-order chi connectivity index (χ0) is 47.3. The fraction of sp³-hybridized carbons (Fsp3) is 0.980. The number of aliphatic hydroxyl groups is 7. The number of aliphatic hydroxyl groups excluding tert-OH is 7. The van der Waals surface area contributed by atoms with Crippen LogP contribution in [0.2, 0.25) is 0 Å². The molecule has 14 heteroatoms. The maximum atomic E-state index is 13.0. The molecule has 13 nitrogen and oxygen atoms in total. The first-order chi connectivity index (χ1) is 30.9. The van der Waals surface area contributed by atoms with Crippen molar-refractivity contribution >= 4 is 13.7 Å². The standard InChI is InChI=1S/C50H100NO12P/c1-3-5-7-9-11-13-15-17-18-19-20-21-22-23-24-25-27-29-31-33-35-37-39-43(53)50(59)51-41(42(52)38-36-34-32-30-28-26-16-14-12-10-8-6-4-2)40-62-64(60,61)63-49-47(57)45(55)44(54)46(56)48(49)58/h41-49,52-58H,3-40H2,1-2H3,(H,51,59)(H,60,61)/p-1/t41-,42+,43-,44?,45-,46+,47+,48+,49?/m0/s1. The van der Waals surface area contributed by atoms with Crippen molar-refractivity contribution in [2.24, 2.45) is 4.99 Å². The van der Waals surface area contributed by atoms with Crippen molar-refractivity contribution in [2.45, 2.75) is 306 Å². The van der Waals surface area contributed by atoms with E-state index in [1.165, 1.54) is 167 Å². The lowest BCUT2D eigenvalue weighted by Crippen LogP contribution is -2.64. The Morgan fingerprint density at radius 3 is 1.09 bits per heavy atom. The van der Waals surface area contributed by atoms with Gasteiger partial charge in [-0.3, -0.25) is 14.0 Å².